The molecule has 28 heavy (non-hydrogen) atoms. The summed E-state index contributed by atoms with van der Waals surface area (Å²) in [5.41, 5.74) is 0.741. The van der Waals surface area contributed by atoms with Gasteiger partial charge in [0.05, 0.1) is 18.6 Å². The molecular formula is C20H23FN4O3. The van der Waals surface area contributed by atoms with Gasteiger partial charge in [-0.25, -0.2) is 4.39 Å². The first-order valence-electron chi connectivity index (χ1n) is 9.37. The zero-order valence-corrected chi connectivity index (χ0v) is 15.6. The van der Waals surface area contributed by atoms with Crippen LogP contribution in [-0.4, -0.2) is 63.1 Å². The van der Waals surface area contributed by atoms with Gasteiger partial charge in [0, 0.05) is 31.7 Å². The van der Waals surface area contributed by atoms with Gasteiger partial charge in [0.1, 0.15) is 11.5 Å². The van der Waals surface area contributed by atoms with E-state index in [1.54, 1.807) is 29.0 Å². The number of benzene rings is 1. The second-order valence-corrected chi connectivity index (χ2v) is 7.81. The molecule has 148 valence electrons. The third-order valence-corrected chi connectivity index (χ3v) is 5.97. The number of likely N-dealkylation sites (tertiary alicyclic amines) is 1. The molecule has 2 aromatic rings. The summed E-state index contributed by atoms with van der Waals surface area (Å²) < 4.78 is 13.4. The molecule has 1 aromatic heterocycles. The molecule has 1 saturated carbocycles. The largest absolute Gasteiger partial charge is 0.388 e. The lowest BCUT2D eigenvalue weighted by atomic mass is 9.99. The lowest BCUT2D eigenvalue weighted by Gasteiger charge is -2.28. The van der Waals surface area contributed by atoms with Crippen molar-refractivity contribution in [3.63, 3.8) is 0 Å². The first kappa shape index (κ1) is 18.6. The Kier molecular flexibility index (Phi) is 4.66. The van der Waals surface area contributed by atoms with Crippen LogP contribution in [0.25, 0.3) is 0 Å². The highest BCUT2D eigenvalue weighted by atomic mass is 19.1. The number of aliphatic hydroxyl groups excluding tert-OH is 1. The number of halogens is 1. The van der Waals surface area contributed by atoms with Crippen molar-refractivity contribution in [2.24, 2.45) is 5.41 Å². The molecule has 4 rings (SSSR count). The SMILES string of the molecule is CN(C(=O)c1ccn[nH]1)C1CN(C(=O)CC(O)c2cccc(F)c2)CC12CC2. The van der Waals surface area contributed by atoms with E-state index in [1.807, 2.05) is 0 Å². The zero-order chi connectivity index (χ0) is 19.9. The van der Waals surface area contributed by atoms with Gasteiger partial charge in [-0.15, -0.1) is 0 Å². The Labute approximate surface area is 162 Å². The summed E-state index contributed by atoms with van der Waals surface area (Å²) >= 11 is 0. The van der Waals surface area contributed by atoms with Crippen molar-refractivity contribution < 1.29 is 19.1 Å². The number of nitrogens with one attached hydrogen (secondary N) is 1. The molecule has 0 radical (unpaired) electrons. The van der Waals surface area contributed by atoms with E-state index in [1.165, 1.54) is 24.4 Å². The number of rotatable bonds is 5. The average molecular weight is 386 g/mol. The fraction of sp³-hybridized carbons (Fsp3) is 0.450. The highest BCUT2D eigenvalue weighted by Gasteiger charge is 2.58. The van der Waals surface area contributed by atoms with Crippen molar-refractivity contribution in [1.82, 2.24) is 20.0 Å². The van der Waals surface area contributed by atoms with Crippen LogP contribution in [0.4, 0.5) is 4.39 Å². The summed E-state index contributed by atoms with van der Waals surface area (Å²) in [6.07, 6.45) is 2.31. The van der Waals surface area contributed by atoms with E-state index >= 15 is 0 Å². The predicted molar refractivity (Wildman–Crippen MR) is 98.7 cm³/mol. The lowest BCUT2D eigenvalue weighted by molar-refractivity contribution is -0.132. The van der Waals surface area contributed by atoms with Gasteiger partial charge >= 0.3 is 0 Å². The van der Waals surface area contributed by atoms with Crippen molar-refractivity contribution >= 4 is 11.8 Å². The van der Waals surface area contributed by atoms with E-state index in [9.17, 15) is 19.1 Å². The number of aromatic nitrogens is 2. The van der Waals surface area contributed by atoms with E-state index in [4.69, 9.17) is 0 Å². The van der Waals surface area contributed by atoms with Crippen molar-refractivity contribution in [1.29, 1.82) is 0 Å². The second kappa shape index (κ2) is 7.01. The number of likely N-dealkylation sites (N-methyl/N-ethyl adjacent to an activating group) is 1. The van der Waals surface area contributed by atoms with E-state index < -0.39 is 11.9 Å². The Morgan fingerprint density at radius 2 is 2.21 bits per heavy atom. The molecule has 2 aliphatic rings. The maximum absolute atomic E-state index is 13.4. The molecule has 2 N–H and O–H groups in total. The number of H-pyrrole nitrogens is 1. The van der Waals surface area contributed by atoms with Gasteiger partial charge in [0.25, 0.3) is 5.91 Å². The maximum Gasteiger partial charge on any atom is 0.271 e. The highest BCUT2D eigenvalue weighted by molar-refractivity contribution is 5.92. The molecule has 0 bridgehead atoms. The van der Waals surface area contributed by atoms with Crippen LogP contribution in [0.2, 0.25) is 0 Å². The van der Waals surface area contributed by atoms with Crippen LogP contribution in [-0.2, 0) is 4.79 Å². The predicted octanol–water partition coefficient (Wildman–Crippen LogP) is 1.74. The smallest absolute Gasteiger partial charge is 0.271 e. The van der Waals surface area contributed by atoms with E-state index in [-0.39, 0.29) is 29.7 Å². The minimum absolute atomic E-state index is 0.0656. The van der Waals surface area contributed by atoms with Gasteiger partial charge < -0.3 is 14.9 Å². The van der Waals surface area contributed by atoms with Gasteiger partial charge in [-0.05, 0) is 36.6 Å². The fourth-order valence-corrected chi connectivity index (χ4v) is 4.16. The van der Waals surface area contributed by atoms with E-state index in [2.05, 4.69) is 10.2 Å². The number of aromatic amines is 1. The number of hydrogen-bond donors (Lipinski definition) is 2. The zero-order valence-electron chi connectivity index (χ0n) is 15.6. The van der Waals surface area contributed by atoms with Gasteiger partial charge in [-0.1, -0.05) is 12.1 Å². The molecule has 2 heterocycles. The molecule has 2 atom stereocenters. The van der Waals surface area contributed by atoms with Crippen LogP contribution in [0.15, 0.2) is 36.5 Å². The summed E-state index contributed by atoms with van der Waals surface area (Å²) in [7, 11) is 1.75. The normalized spacial score (nSPS) is 21.0. The van der Waals surface area contributed by atoms with Gasteiger partial charge in [0.15, 0.2) is 0 Å². The van der Waals surface area contributed by atoms with Crippen LogP contribution < -0.4 is 0 Å². The van der Waals surface area contributed by atoms with Crippen LogP contribution in [0.3, 0.4) is 0 Å². The molecule has 1 saturated heterocycles. The van der Waals surface area contributed by atoms with E-state index in [0.717, 1.165) is 12.8 Å². The molecule has 1 aromatic carbocycles. The van der Waals surface area contributed by atoms with Crippen molar-refractivity contribution in [3.8, 4) is 0 Å². The Bertz CT molecular complexity index is 881. The summed E-state index contributed by atoms with van der Waals surface area (Å²) in [6, 6.07) is 7.22. The van der Waals surface area contributed by atoms with Crippen LogP contribution in [0.1, 0.15) is 41.4 Å². The minimum atomic E-state index is -1.05. The number of hydrogen-bond acceptors (Lipinski definition) is 4. The molecular weight excluding hydrogens is 363 g/mol. The Hall–Kier alpha value is -2.74. The lowest BCUT2D eigenvalue weighted by Crippen LogP contribution is -2.43. The molecule has 1 aliphatic heterocycles. The molecule has 1 spiro atoms. The van der Waals surface area contributed by atoms with Crippen LogP contribution >= 0.6 is 0 Å². The van der Waals surface area contributed by atoms with Crippen molar-refractivity contribution in [3.05, 3.63) is 53.6 Å². The fourth-order valence-electron chi connectivity index (χ4n) is 4.16. The third-order valence-electron chi connectivity index (χ3n) is 5.97. The number of carbonyl (C=O) groups is 2. The number of carbonyl (C=O) groups excluding carboxylic acids is 2. The standard InChI is InChI=1S/C20H23FN4O3/c1-24(19(28)15-5-8-22-23-15)17-11-25(12-20(17)6-7-20)18(27)10-16(26)13-3-2-4-14(21)9-13/h2-5,8-9,16-17,26H,6-7,10-12H2,1H3,(H,22,23). The molecule has 2 fully saturated rings. The van der Waals surface area contributed by atoms with Gasteiger partial charge in [-0.2, -0.15) is 5.10 Å². The van der Waals surface area contributed by atoms with Crippen molar-refractivity contribution in [2.45, 2.75) is 31.4 Å². The van der Waals surface area contributed by atoms with Gasteiger partial charge in [0.2, 0.25) is 5.91 Å². The van der Waals surface area contributed by atoms with Crippen LogP contribution in [0, 0.1) is 11.2 Å². The number of aliphatic hydroxyl groups is 1. The summed E-state index contributed by atoms with van der Waals surface area (Å²) in [6.45, 7) is 1.01. The Morgan fingerprint density at radius 3 is 2.86 bits per heavy atom. The summed E-state index contributed by atoms with van der Waals surface area (Å²) in [4.78, 5) is 28.8. The monoisotopic (exact) mass is 386 g/mol. The summed E-state index contributed by atoms with van der Waals surface area (Å²) in [5.74, 6) is -0.781. The average Bonchev–Trinajstić information content (AvgIpc) is 3.08. The van der Waals surface area contributed by atoms with E-state index in [0.29, 0.717) is 24.3 Å². The first-order chi connectivity index (χ1) is 13.4. The molecule has 7 nitrogen and oxygen atoms in total. The van der Waals surface area contributed by atoms with Gasteiger partial charge in [-0.3, -0.25) is 14.7 Å². The quantitative estimate of drug-likeness (QED) is 0.819. The van der Waals surface area contributed by atoms with Crippen LogP contribution in [0.5, 0.6) is 0 Å². The minimum Gasteiger partial charge on any atom is -0.388 e. The Morgan fingerprint density at radius 1 is 1.43 bits per heavy atom. The Balaban J connectivity index is 1.43. The summed E-state index contributed by atoms with van der Waals surface area (Å²) in [5, 5.41) is 16.8. The number of amides is 2. The molecule has 8 heteroatoms. The topological polar surface area (TPSA) is 89.5 Å². The second-order valence-electron chi connectivity index (χ2n) is 7.81. The maximum atomic E-state index is 13.4. The molecule has 2 amide bonds. The van der Waals surface area contributed by atoms with Crippen molar-refractivity contribution in [2.75, 3.05) is 20.1 Å². The molecule has 2 unspecified atom stereocenters. The first-order valence-corrected chi connectivity index (χ1v) is 9.37. The third kappa shape index (κ3) is 3.40. The molecule has 1 aliphatic carbocycles. The highest BCUT2D eigenvalue weighted by Crippen LogP contribution is 2.54. The number of nitrogens with zero attached hydrogens (tertiary/aromatic N) is 3.